The summed E-state index contributed by atoms with van der Waals surface area (Å²) in [5, 5.41) is 0. The Hall–Kier alpha value is -1.75. The summed E-state index contributed by atoms with van der Waals surface area (Å²) < 4.78 is 13.2. The third-order valence-corrected chi connectivity index (χ3v) is 2.12. The molecule has 0 unspecified atom stereocenters. The Bertz CT molecular complexity index is 574. The summed E-state index contributed by atoms with van der Waals surface area (Å²) in [5.41, 5.74) is 0.692. The molecule has 0 fully saturated rings. The van der Waals surface area contributed by atoms with Gasteiger partial charge in [-0.25, -0.2) is 9.18 Å². The van der Waals surface area contributed by atoms with E-state index in [0.717, 1.165) is 0 Å². The molecule has 1 heterocycles. The van der Waals surface area contributed by atoms with Crippen molar-refractivity contribution in [2.24, 2.45) is 0 Å². The lowest BCUT2D eigenvalue weighted by Crippen LogP contribution is -2.10. The predicted octanol–water partition coefficient (Wildman–Crippen LogP) is 2.24. The van der Waals surface area contributed by atoms with Gasteiger partial charge in [-0.2, -0.15) is 0 Å². The third-order valence-electron chi connectivity index (χ3n) is 1.90. The van der Waals surface area contributed by atoms with E-state index in [2.05, 4.69) is 9.97 Å². The monoisotopic (exact) mass is 222 g/mol. The van der Waals surface area contributed by atoms with Gasteiger partial charge >= 0.3 is 5.69 Å². The number of halogens is 1. The van der Waals surface area contributed by atoms with Gasteiger partial charge in [0, 0.05) is 5.56 Å². The molecule has 1 aromatic carbocycles. The lowest BCUT2D eigenvalue weighted by atomic mass is 10.1. The van der Waals surface area contributed by atoms with E-state index in [9.17, 15) is 9.18 Å². The van der Waals surface area contributed by atoms with Crippen LogP contribution in [0.3, 0.4) is 0 Å². The largest absolute Gasteiger partial charge is 0.324 e. The topological polar surface area (TPSA) is 48.6 Å². The number of nitrogens with one attached hydrogen (secondary N) is 2. The van der Waals surface area contributed by atoms with E-state index in [-0.39, 0.29) is 5.82 Å². The van der Waals surface area contributed by atoms with Crippen molar-refractivity contribution in [2.45, 2.75) is 0 Å². The van der Waals surface area contributed by atoms with Crippen LogP contribution in [0, 0.1) is 10.5 Å². The molecule has 2 rings (SSSR count). The summed E-state index contributed by atoms with van der Waals surface area (Å²) in [6.45, 7) is 0. The van der Waals surface area contributed by atoms with Gasteiger partial charge in [0.2, 0.25) is 0 Å². The molecule has 0 bridgehead atoms. The van der Waals surface area contributed by atoms with Crippen molar-refractivity contribution >= 4 is 12.2 Å². The number of aromatic nitrogens is 2. The van der Waals surface area contributed by atoms with Gasteiger partial charge in [0.15, 0.2) is 0 Å². The van der Waals surface area contributed by atoms with Crippen LogP contribution in [0.4, 0.5) is 4.39 Å². The highest BCUT2D eigenvalue weighted by Crippen LogP contribution is 2.15. The highest BCUT2D eigenvalue weighted by Gasteiger charge is 2.00. The van der Waals surface area contributed by atoms with Crippen molar-refractivity contribution in [1.29, 1.82) is 0 Å². The molecule has 0 amide bonds. The molecule has 0 radical (unpaired) electrons. The Morgan fingerprint density at radius 2 is 2.00 bits per heavy atom. The number of benzene rings is 1. The summed E-state index contributed by atoms with van der Waals surface area (Å²) in [5.74, 6) is -0.355. The Morgan fingerprint density at radius 3 is 2.67 bits per heavy atom. The second-order valence-corrected chi connectivity index (χ2v) is 3.45. The molecule has 2 N–H and O–H groups in total. The Labute approximate surface area is 89.6 Å². The predicted molar refractivity (Wildman–Crippen MR) is 57.6 cm³/mol. The van der Waals surface area contributed by atoms with Gasteiger partial charge in [-0.05, 0) is 18.2 Å². The Kier molecular flexibility index (Phi) is 2.47. The van der Waals surface area contributed by atoms with Crippen LogP contribution in [-0.2, 0) is 0 Å². The van der Waals surface area contributed by atoms with Crippen molar-refractivity contribution in [3.63, 3.8) is 0 Å². The van der Waals surface area contributed by atoms with Crippen LogP contribution < -0.4 is 5.69 Å². The minimum Gasteiger partial charge on any atom is -0.307 e. The van der Waals surface area contributed by atoms with Crippen molar-refractivity contribution in [1.82, 2.24) is 9.97 Å². The number of hydrogen-bond donors (Lipinski definition) is 2. The van der Waals surface area contributed by atoms with Gasteiger partial charge in [0.25, 0.3) is 0 Å². The molecular weight excluding hydrogens is 215 g/mol. The summed E-state index contributed by atoms with van der Waals surface area (Å²) in [6, 6.07) is 7.52. The Balaban J connectivity index is 2.64. The standard InChI is InChI=1S/C10H7FN2OS/c11-7-3-1-2-6(4-7)8-5-9(15)13-10(14)12-8/h1-5H,(H2,12,13,14,15). The zero-order chi connectivity index (χ0) is 10.8. The first kappa shape index (κ1) is 9.79. The first-order valence-electron chi connectivity index (χ1n) is 4.25. The average Bonchev–Trinajstić information content (AvgIpc) is 2.16. The van der Waals surface area contributed by atoms with Crippen molar-refractivity contribution in [3.8, 4) is 11.3 Å². The highest BCUT2D eigenvalue weighted by atomic mass is 32.1. The zero-order valence-corrected chi connectivity index (χ0v) is 8.40. The average molecular weight is 222 g/mol. The highest BCUT2D eigenvalue weighted by molar-refractivity contribution is 7.71. The van der Waals surface area contributed by atoms with E-state index in [1.807, 2.05) is 0 Å². The van der Waals surface area contributed by atoms with E-state index < -0.39 is 5.69 Å². The third kappa shape index (κ3) is 2.19. The van der Waals surface area contributed by atoms with Gasteiger partial charge in [0.05, 0.1) is 5.69 Å². The van der Waals surface area contributed by atoms with Gasteiger partial charge in [0.1, 0.15) is 10.5 Å². The molecule has 0 saturated heterocycles. The normalized spacial score (nSPS) is 10.2. The van der Waals surface area contributed by atoms with E-state index in [0.29, 0.717) is 15.9 Å². The molecule has 0 spiro atoms. The SMILES string of the molecule is O=c1[nH]c(-c2cccc(F)c2)cc(=S)[nH]1. The molecule has 2 aromatic rings. The van der Waals surface area contributed by atoms with Gasteiger partial charge in [-0.1, -0.05) is 24.4 Å². The summed E-state index contributed by atoms with van der Waals surface area (Å²) in [4.78, 5) is 16.0. The van der Waals surface area contributed by atoms with E-state index in [4.69, 9.17) is 12.2 Å². The maximum atomic E-state index is 12.9. The smallest absolute Gasteiger partial charge is 0.307 e. The van der Waals surface area contributed by atoms with Gasteiger partial charge in [-0.15, -0.1) is 0 Å². The summed E-state index contributed by atoms with van der Waals surface area (Å²) in [7, 11) is 0. The summed E-state index contributed by atoms with van der Waals surface area (Å²) >= 11 is 4.85. The number of H-pyrrole nitrogens is 2. The van der Waals surface area contributed by atoms with Crippen molar-refractivity contribution in [2.75, 3.05) is 0 Å². The number of aromatic amines is 2. The van der Waals surface area contributed by atoms with E-state index in [1.54, 1.807) is 18.2 Å². The van der Waals surface area contributed by atoms with Crippen molar-refractivity contribution < 1.29 is 4.39 Å². The molecule has 0 atom stereocenters. The first-order chi connectivity index (χ1) is 7.15. The van der Waals surface area contributed by atoms with Crippen LogP contribution in [-0.4, -0.2) is 9.97 Å². The molecule has 0 aliphatic rings. The summed E-state index contributed by atoms with van der Waals surface area (Å²) in [6.07, 6.45) is 0. The fourth-order valence-electron chi connectivity index (χ4n) is 1.28. The van der Waals surface area contributed by atoms with Crippen LogP contribution in [0.25, 0.3) is 11.3 Å². The fourth-order valence-corrected chi connectivity index (χ4v) is 1.49. The maximum Gasteiger partial charge on any atom is 0.324 e. The quantitative estimate of drug-likeness (QED) is 0.727. The molecule has 1 aromatic heterocycles. The zero-order valence-electron chi connectivity index (χ0n) is 7.58. The molecule has 5 heteroatoms. The molecule has 76 valence electrons. The van der Waals surface area contributed by atoms with Crippen molar-refractivity contribution in [3.05, 3.63) is 51.3 Å². The van der Waals surface area contributed by atoms with Crippen LogP contribution >= 0.6 is 12.2 Å². The lowest BCUT2D eigenvalue weighted by Gasteiger charge is -2.00. The van der Waals surface area contributed by atoms with Crippen LogP contribution in [0.2, 0.25) is 0 Å². The molecule has 15 heavy (non-hydrogen) atoms. The second kappa shape index (κ2) is 3.78. The minimum atomic E-state index is -0.401. The van der Waals surface area contributed by atoms with E-state index >= 15 is 0 Å². The Morgan fingerprint density at radius 1 is 1.20 bits per heavy atom. The molecular formula is C10H7FN2OS. The number of hydrogen-bond acceptors (Lipinski definition) is 2. The van der Waals surface area contributed by atoms with E-state index in [1.165, 1.54) is 12.1 Å². The molecule has 3 nitrogen and oxygen atoms in total. The fraction of sp³-hybridized carbons (Fsp3) is 0. The second-order valence-electron chi connectivity index (χ2n) is 3.01. The van der Waals surface area contributed by atoms with Crippen LogP contribution in [0.15, 0.2) is 35.1 Å². The molecule has 0 saturated carbocycles. The lowest BCUT2D eigenvalue weighted by molar-refractivity contribution is 0.628. The molecule has 0 aliphatic carbocycles. The maximum absolute atomic E-state index is 12.9. The van der Waals surface area contributed by atoms with Gasteiger partial charge in [-0.3, -0.25) is 4.98 Å². The minimum absolute atomic E-state index is 0.318. The van der Waals surface area contributed by atoms with Gasteiger partial charge < -0.3 is 4.98 Å². The molecule has 0 aliphatic heterocycles. The van der Waals surface area contributed by atoms with Crippen LogP contribution in [0.5, 0.6) is 0 Å². The van der Waals surface area contributed by atoms with Crippen LogP contribution in [0.1, 0.15) is 0 Å². The first-order valence-corrected chi connectivity index (χ1v) is 4.65. The number of rotatable bonds is 1.